The highest BCUT2D eigenvalue weighted by Crippen LogP contribution is 2.34. The van der Waals surface area contributed by atoms with Gasteiger partial charge in [-0.2, -0.15) is 11.3 Å². The zero-order valence-electron chi connectivity index (χ0n) is 9.08. The summed E-state index contributed by atoms with van der Waals surface area (Å²) in [6, 6.07) is 5.67. The molecular weight excluding hydrogens is 268 g/mol. The molecule has 0 aliphatic rings. The van der Waals surface area contributed by atoms with E-state index in [4.69, 9.17) is 10.8 Å². The molecule has 0 fully saturated rings. The third-order valence-corrected chi connectivity index (χ3v) is 4.39. The van der Waals surface area contributed by atoms with Crippen molar-refractivity contribution < 1.29 is 9.90 Å². The molecule has 0 saturated carbocycles. The van der Waals surface area contributed by atoms with Crippen LogP contribution in [0.25, 0.3) is 21.5 Å². The topological polar surface area (TPSA) is 76.2 Å². The highest BCUT2D eigenvalue weighted by Gasteiger charge is 2.16. The maximum atomic E-state index is 11.0. The van der Waals surface area contributed by atoms with Gasteiger partial charge < -0.3 is 10.8 Å². The van der Waals surface area contributed by atoms with Gasteiger partial charge in [0.1, 0.15) is 9.71 Å². The molecule has 3 heterocycles. The summed E-state index contributed by atoms with van der Waals surface area (Å²) in [5, 5.41) is 13.7. The van der Waals surface area contributed by atoms with E-state index in [2.05, 4.69) is 4.98 Å². The van der Waals surface area contributed by atoms with Crippen molar-refractivity contribution in [3.05, 3.63) is 33.8 Å². The second-order valence-electron chi connectivity index (χ2n) is 3.71. The molecule has 90 valence electrons. The number of rotatable bonds is 2. The quantitative estimate of drug-likeness (QED) is 0.753. The number of pyridine rings is 1. The largest absolute Gasteiger partial charge is 0.477 e. The minimum atomic E-state index is -1.01. The Morgan fingerprint density at radius 1 is 1.33 bits per heavy atom. The first-order chi connectivity index (χ1) is 8.66. The number of aromatic nitrogens is 1. The van der Waals surface area contributed by atoms with Gasteiger partial charge in [-0.25, -0.2) is 9.78 Å². The Labute approximate surface area is 110 Å². The number of aromatic carboxylic acids is 1. The van der Waals surface area contributed by atoms with E-state index in [0.29, 0.717) is 15.9 Å². The molecule has 3 rings (SSSR count). The van der Waals surface area contributed by atoms with Crippen LogP contribution in [0.3, 0.4) is 0 Å². The first kappa shape index (κ1) is 11.2. The molecule has 0 bridgehead atoms. The Hall–Kier alpha value is -1.92. The van der Waals surface area contributed by atoms with E-state index in [9.17, 15) is 4.79 Å². The van der Waals surface area contributed by atoms with Gasteiger partial charge in [-0.3, -0.25) is 0 Å². The fourth-order valence-corrected chi connectivity index (χ4v) is 3.31. The maximum absolute atomic E-state index is 11.0. The molecule has 0 unspecified atom stereocenters. The minimum Gasteiger partial charge on any atom is -0.477 e. The van der Waals surface area contributed by atoms with Crippen LogP contribution in [-0.4, -0.2) is 16.1 Å². The third kappa shape index (κ3) is 1.66. The number of nitrogens with zero attached hydrogens (tertiary/aromatic N) is 1. The predicted molar refractivity (Wildman–Crippen MR) is 74.3 cm³/mol. The summed E-state index contributed by atoms with van der Waals surface area (Å²) in [7, 11) is 0. The molecule has 0 atom stereocenters. The van der Waals surface area contributed by atoms with Crippen LogP contribution in [0.1, 0.15) is 9.67 Å². The SMILES string of the molecule is Nc1c(C(=O)O)sc2nc(-c3ccsc3)ccc12. The number of hydrogen-bond donors (Lipinski definition) is 2. The van der Waals surface area contributed by atoms with E-state index >= 15 is 0 Å². The van der Waals surface area contributed by atoms with E-state index in [1.165, 1.54) is 0 Å². The standard InChI is InChI=1S/C12H8N2O2S2/c13-9-7-1-2-8(6-3-4-17-5-6)14-11(7)18-10(9)12(15)16/h1-5H,13H2,(H,15,16). The summed E-state index contributed by atoms with van der Waals surface area (Å²) in [6.45, 7) is 0. The number of carboxylic acid groups (broad SMARTS) is 1. The zero-order valence-corrected chi connectivity index (χ0v) is 10.7. The van der Waals surface area contributed by atoms with Crippen LogP contribution in [0.2, 0.25) is 0 Å². The number of carbonyl (C=O) groups is 1. The van der Waals surface area contributed by atoms with Crippen LogP contribution >= 0.6 is 22.7 Å². The number of hydrogen-bond acceptors (Lipinski definition) is 5. The van der Waals surface area contributed by atoms with E-state index < -0.39 is 5.97 Å². The van der Waals surface area contributed by atoms with Crippen LogP contribution in [0.15, 0.2) is 29.0 Å². The van der Waals surface area contributed by atoms with Crippen LogP contribution in [0.5, 0.6) is 0 Å². The molecule has 0 aliphatic carbocycles. The van der Waals surface area contributed by atoms with Crippen molar-refractivity contribution in [1.82, 2.24) is 4.98 Å². The molecule has 0 saturated heterocycles. The maximum Gasteiger partial charge on any atom is 0.348 e. The van der Waals surface area contributed by atoms with Crippen LogP contribution in [0.4, 0.5) is 5.69 Å². The normalized spacial score (nSPS) is 10.9. The average Bonchev–Trinajstić information content (AvgIpc) is 2.97. The summed E-state index contributed by atoms with van der Waals surface area (Å²) in [4.78, 5) is 16.3. The highest BCUT2D eigenvalue weighted by atomic mass is 32.1. The van der Waals surface area contributed by atoms with Gasteiger partial charge in [0, 0.05) is 16.3 Å². The lowest BCUT2D eigenvalue weighted by molar-refractivity contribution is 0.0703. The lowest BCUT2D eigenvalue weighted by atomic mass is 10.2. The smallest absolute Gasteiger partial charge is 0.348 e. The molecule has 6 heteroatoms. The van der Waals surface area contributed by atoms with Crippen molar-refractivity contribution in [1.29, 1.82) is 0 Å². The summed E-state index contributed by atoms with van der Waals surface area (Å²) >= 11 is 2.71. The zero-order chi connectivity index (χ0) is 12.7. The first-order valence-electron chi connectivity index (χ1n) is 5.11. The van der Waals surface area contributed by atoms with Gasteiger partial charge in [0.15, 0.2) is 0 Å². The van der Waals surface area contributed by atoms with Gasteiger partial charge in [0.25, 0.3) is 0 Å². The Morgan fingerprint density at radius 2 is 2.17 bits per heavy atom. The number of nitrogen functional groups attached to an aromatic ring is 1. The molecule has 0 amide bonds. The van der Waals surface area contributed by atoms with Gasteiger partial charge in [0.2, 0.25) is 0 Å². The van der Waals surface area contributed by atoms with E-state index in [0.717, 1.165) is 22.6 Å². The Balaban J connectivity index is 2.22. The molecule has 3 aromatic heterocycles. The number of fused-ring (bicyclic) bond motifs is 1. The molecule has 3 N–H and O–H groups in total. The Morgan fingerprint density at radius 3 is 2.83 bits per heavy atom. The van der Waals surface area contributed by atoms with Crippen LogP contribution in [0, 0.1) is 0 Å². The van der Waals surface area contributed by atoms with E-state index in [-0.39, 0.29) is 4.88 Å². The fraction of sp³-hybridized carbons (Fsp3) is 0. The second-order valence-corrected chi connectivity index (χ2v) is 5.49. The average molecular weight is 276 g/mol. The van der Waals surface area contributed by atoms with Gasteiger partial charge >= 0.3 is 5.97 Å². The molecule has 3 aromatic rings. The van der Waals surface area contributed by atoms with Crippen molar-refractivity contribution >= 4 is 44.5 Å². The molecule has 0 aromatic carbocycles. The number of carboxylic acids is 1. The molecule has 4 nitrogen and oxygen atoms in total. The van der Waals surface area contributed by atoms with Crippen LogP contribution in [-0.2, 0) is 0 Å². The highest BCUT2D eigenvalue weighted by molar-refractivity contribution is 7.21. The fourth-order valence-electron chi connectivity index (χ4n) is 1.73. The van der Waals surface area contributed by atoms with Gasteiger partial charge in [0.05, 0.1) is 11.4 Å². The third-order valence-electron chi connectivity index (χ3n) is 2.60. The lowest BCUT2D eigenvalue weighted by Crippen LogP contribution is -1.96. The van der Waals surface area contributed by atoms with Crippen molar-refractivity contribution in [3.8, 4) is 11.3 Å². The summed E-state index contributed by atoms with van der Waals surface area (Å²) in [5.41, 5.74) is 7.97. The predicted octanol–water partition coefficient (Wildman–Crippen LogP) is 3.31. The monoisotopic (exact) mass is 276 g/mol. The van der Waals surface area contributed by atoms with Crippen molar-refractivity contribution in [2.45, 2.75) is 0 Å². The molecule has 0 aliphatic heterocycles. The molecule has 0 spiro atoms. The summed E-state index contributed by atoms with van der Waals surface area (Å²) < 4.78 is 0. The minimum absolute atomic E-state index is 0.153. The number of nitrogens with two attached hydrogens (primary N) is 1. The first-order valence-corrected chi connectivity index (χ1v) is 6.87. The molecule has 18 heavy (non-hydrogen) atoms. The van der Waals surface area contributed by atoms with Crippen LogP contribution < -0.4 is 5.73 Å². The lowest BCUT2D eigenvalue weighted by Gasteiger charge is -1.97. The van der Waals surface area contributed by atoms with Gasteiger partial charge in [-0.05, 0) is 23.6 Å². The van der Waals surface area contributed by atoms with Crippen molar-refractivity contribution in [2.24, 2.45) is 0 Å². The van der Waals surface area contributed by atoms with E-state index in [1.807, 2.05) is 29.0 Å². The number of anilines is 1. The number of thiophene rings is 2. The Bertz CT molecular complexity index is 732. The van der Waals surface area contributed by atoms with E-state index in [1.54, 1.807) is 11.3 Å². The summed E-state index contributed by atoms with van der Waals surface area (Å²) in [6.07, 6.45) is 0. The van der Waals surface area contributed by atoms with Crippen molar-refractivity contribution in [2.75, 3.05) is 5.73 Å². The molecule has 0 radical (unpaired) electrons. The Kier molecular flexibility index (Phi) is 2.53. The summed E-state index contributed by atoms with van der Waals surface area (Å²) in [5.74, 6) is -1.01. The second kappa shape index (κ2) is 4.08. The molecular formula is C12H8N2O2S2. The van der Waals surface area contributed by atoms with Gasteiger partial charge in [-0.15, -0.1) is 11.3 Å². The van der Waals surface area contributed by atoms with Crippen molar-refractivity contribution in [3.63, 3.8) is 0 Å². The van der Waals surface area contributed by atoms with Gasteiger partial charge in [-0.1, -0.05) is 0 Å².